The fourth-order valence-corrected chi connectivity index (χ4v) is 4.49. The monoisotopic (exact) mass is 433 g/mol. The zero-order valence-corrected chi connectivity index (χ0v) is 19.0. The number of ether oxygens (including phenoxy) is 1. The summed E-state index contributed by atoms with van der Waals surface area (Å²) >= 11 is 0. The molecule has 6 nitrogen and oxygen atoms in total. The molecule has 4 rings (SSSR count). The SMILES string of the molecule is COc1ccc2cc(C(=O)N3CCC([C@H](C)C(=O)NCc4ccccc4C)CC3)[nH]c2c1. The highest BCUT2D eigenvalue weighted by atomic mass is 16.5. The molecule has 6 heteroatoms. The molecule has 0 saturated carbocycles. The van der Waals surface area contributed by atoms with Crippen LogP contribution in [0.5, 0.6) is 5.75 Å². The summed E-state index contributed by atoms with van der Waals surface area (Å²) in [5.74, 6) is 1.06. The van der Waals surface area contributed by atoms with E-state index >= 15 is 0 Å². The fraction of sp³-hybridized carbons (Fsp3) is 0.385. The molecular formula is C26H31N3O3. The number of aromatic nitrogens is 1. The Morgan fingerprint density at radius 2 is 1.91 bits per heavy atom. The molecule has 1 atom stereocenters. The minimum atomic E-state index is -0.0724. The molecule has 0 radical (unpaired) electrons. The number of carbonyl (C=O) groups is 2. The molecule has 0 spiro atoms. The smallest absolute Gasteiger partial charge is 0.270 e. The number of hydrogen-bond donors (Lipinski definition) is 2. The van der Waals surface area contributed by atoms with Crippen molar-refractivity contribution in [2.24, 2.45) is 11.8 Å². The van der Waals surface area contributed by atoms with Crippen molar-refractivity contribution in [1.82, 2.24) is 15.2 Å². The van der Waals surface area contributed by atoms with Crippen molar-refractivity contribution in [3.8, 4) is 5.75 Å². The molecule has 2 aromatic carbocycles. The number of benzene rings is 2. The highest BCUT2D eigenvalue weighted by Gasteiger charge is 2.30. The number of carbonyl (C=O) groups excluding carboxylic acids is 2. The predicted molar refractivity (Wildman–Crippen MR) is 126 cm³/mol. The summed E-state index contributed by atoms with van der Waals surface area (Å²) in [5, 5.41) is 4.08. The number of aromatic amines is 1. The Balaban J connectivity index is 1.31. The summed E-state index contributed by atoms with van der Waals surface area (Å²) < 4.78 is 5.26. The Morgan fingerprint density at radius 3 is 2.62 bits per heavy atom. The van der Waals surface area contributed by atoms with Gasteiger partial charge in [0.1, 0.15) is 11.4 Å². The van der Waals surface area contributed by atoms with E-state index < -0.39 is 0 Å². The molecule has 2 N–H and O–H groups in total. The average molecular weight is 434 g/mol. The number of methoxy groups -OCH3 is 1. The highest BCUT2D eigenvalue weighted by molar-refractivity contribution is 5.98. The van der Waals surface area contributed by atoms with Gasteiger partial charge < -0.3 is 19.9 Å². The largest absolute Gasteiger partial charge is 0.497 e. The van der Waals surface area contributed by atoms with Gasteiger partial charge in [-0.2, -0.15) is 0 Å². The quantitative estimate of drug-likeness (QED) is 0.609. The van der Waals surface area contributed by atoms with Crippen molar-refractivity contribution in [1.29, 1.82) is 0 Å². The number of nitrogens with one attached hydrogen (secondary N) is 2. The van der Waals surface area contributed by atoms with Gasteiger partial charge in [0.2, 0.25) is 5.91 Å². The Labute approximate surface area is 188 Å². The van der Waals surface area contributed by atoms with Crippen molar-refractivity contribution < 1.29 is 14.3 Å². The van der Waals surface area contributed by atoms with Gasteiger partial charge in [0, 0.05) is 42.5 Å². The van der Waals surface area contributed by atoms with E-state index in [1.54, 1.807) is 7.11 Å². The number of nitrogens with zero attached hydrogens (tertiary/aromatic N) is 1. The van der Waals surface area contributed by atoms with E-state index in [1.807, 2.05) is 54.3 Å². The maximum absolute atomic E-state index is 13.0. The van der Waals surface area contributed by atoms with E-state index in [4.69, 9.17) is 4.74 Å². The lowest BCUT2D eigenvalue weighted by Gasteiger charge is -2.34. The van der Waals surface area contributed by atoms with Crippen LogP contribution < -0.4 is 10.1 Å². The normalized spacial score (nSPS) is 15.5. The lowest BCUT2D eigenvalue weighted by atomic mass is 9.84. The number of hydrogen-bond acceptors (Lipinski definition) is 3. The zero-order chi connectivity index (χ0) is 22.7. The first kappa shape index (κ1) is 21.9. The molecule has 0 unspecified atom stereocenters. The average Bonchev–Trinajstić information content (AvgIpc) is 3.26. The van der Waals surface area contributed by atoms with Crippen molar-refractivity contribution in [2.75, 3.05) is 20.2 Å². The second-order valence-electron chi connectivity index (χ2n) is 8.70. The number of piperidine rings is 1. The van der Waals surface area contributed by atoms with Crippen LogP contribution in [0.4, 0.5) is 0 Å². The Morgan fingerprint density at radius 1 is 1.16 bits per heavy atom. The third-order valence-electron chi connectivity index (χ3n) is 6.72. The van der Waals surface area contributed by atoms with Gasteiger partial charge in [-0.25, -0.2) is 0 Å². The van der Waals surface area contributed by atoms with E-state index in [2.05, 4.69) is 23.3 Å². The van der Waals surface area contributed by atoms with Gasteiger partial charge in [-0.05, 0) is 55.0 Å². The van der Waals surface area contributed by atoms with Crippen molar-refractivity contribution >= 4 is 22.7 Å². The molecule has 168 valence electrons. The lowest BCUT2D eigenvalue weighted by Crippen LogP contribution is -2.42. The van der Waals surface area contributed by atoms with Crippen molar-refractivity contribution in [3.05, 3.63) is 65.4 Å². The van der Waals surface area contributed by atoms with E-state index in [9.17, 15) is 9.59 Å². The number of amides is 2. The minimum Gasteiger partial charge on any atom is -0.497 e. The topological polar surface area (TPSA) is 74.4 Å². The van der Waals surface area contributed by atoms with Gasteiger partial charge in [0.05, 0.1) is 7.11 Å². The Kier molecular flexibility index (Phi) is 6.49. The van der Waals surface area contributed by atoms with Crippen LogP contribution in [0.25, 0.3) is 10.9 Å². The van der Waals surface area contributed by atoms with Crippen LogP contribution in [-0.2, 0) is 11.3 Å². The third-order valence-corrected chi connectivity index (χ3v) is 6.72. The Bertz CT molecular complexity index is 1110. The minimum absolute atomic E-state index is 0.00951. The van der Waals surface area contributed by atoms with E-state index in [-0.39, 0.29) is 23.7 Å². The van der Waals surface area contributed by atoms with Gasteiger partial charge in [-0.3, -0.25) is 9.59 Å². The Hall–Kier alpha value is -3.28. The first-order valence-electron chi connectivity index (χ1n) is 11.2. The van der Waals surface area contributed by atoms with Crippen LogP contribution in [0, 0.1) is 18.8 Å². The molecule has 1 fully saturated rings. The summed E-state index contributed by atoms with van der Waals surface area (Å²) in [5.41, 5.74) is 3.81. The summed E-state index contributed by atoms with van der Waals surface area (Å²) in [6, 6.07) is 15.7. The van der Waals surface area contributed by atoms with Gasteiger partial charge >= 0.3 is 0 Å². The standard InChI is InChI=1S/C26H31N3O3/c1-17-6-4-5-7-21(17)16-27-25(30)18(2)19-10-12-29(13-11-19)26(31)24-14-20-8-9-22(32-3)15-23(20)28-24/h4-9,14-15,18-19,28H,10-13,16H2,1-3H3,(H,27,30)/t18-/m0/s1. The van der Waals surface area contributed by atoms with Gasteiger partial charge in [0.15, 0.2) is 0 Å². The summed E-state index contributed by atoms with van der Waals surface area (Å²) in [7, 11) is 1.63. The maximum atomic E-state index is 13.0. The first-order valence-corrected chi connectivity index (χ1v) is 11.2. The predicted octanol–water partition coefficient (Wildman–Crippen LogP) is 4.29. The van der Waals surface area contributed by atoms with Gasteiger partial charge in [0.25, 0.3) is 5.91 Å². The number of fused-ring (bicyclic) bond motifs is 1. The van der Waals surface area contributed by atoms with E-state index in [1.165, 1.54) is 5.56 Å². The van der Waals surface area contributed by atoms with Crippen molar-refractivity contribution in [3.63, 3.8) is 0 Å². The van der Waals surface area contributed by atoms with Gasteiger partial charge in [-0.1, -0.05) is 31.2 Å². The molecule has 2 amide bonds. The molecule has 1 aromatic heterocycles. The summed E-state index contributed by atoms with van der Waals surface area (Å²) in [6.45, 7) is 5.94. The van der Waals surface area contributed by atoms with Crippen LogP contribution in [0.15, 0.2) is 48.5 Å². The molecule has 0 bridgehead atoms. The molecule has 1 aliphatic rings. The van der Waals surface area contributed by atoms with E-state index in [0.29, 0.717) is 25.3 Å². The van der Waals surface area contributed by atoms with Crippen LogP contribution in [0.1, 0.15) is 41.4 Å². The van der Waals surface area contributed by atoms with Crippen LogP contribution in [0.2, 0.25) is 0 Å². The number of rotatable bonds is 6. The molecule has 2 heterocycles. The van der Waals surface area contributed by atoms with Crippen LogP contribution >= 0.6 is 0 Å². The number of likely N-dealkylation sites (tertiary alicyclic amines) is 1. The second kappa shape index (κ2) is 9.47. The molecule has 1 aliphatic heterocycles. The van der Waals surface area contributed by atoms with Crippen LogP contribution in [-0.4, -0.2) is 41.9 Å². The number of H-pyrrole nitrogens is 1. The van der Waals surface area contributed by atoms with E-state index in [0.717, 1.165) is 35.1 Å². The molecule has 0 aliphatic carbocycles. The first-order chi connectivity index (χ1) is 15.5. The summed E-state index contributed by atoms with van der Waals surface area (Å²) in [6.07, 6.45) is 1.66. The molecule has 1 saturated heterocycles. The second-order valence-corrected chi connectivity index (χ2v) is 8.70. The summed E-state index contributed by atoms with van der Waals surface area (Å²) in [4.78, 5) is 30.8. The third kappa shape index (κ3) is 4.64. The molecule has 32 heavy (non-hydrogen) atoms. The highest BCUT2D eigenvalue weighted by Crippen LogP contribution is 2.27. The number of aryl methyl sites for hydroxylation is 1. The molecular weight excluding hydrogens is 402 g/mol. The lowest BCUT2D eigenvalue weighted by molar-refractivity contribution is -0.126. The fourth-order valence-electron chi connectivity index (χ4n) is 4.49. The molecule has 3 aromatic rings. The van der Waals surface area contributed by atoms with Crippen molar-refractivity contribution in [2.45, 2.75) is 33.2 Å². The maximum Gasteiger partial charge on any atom is 0.270 e. The zero-order valence-electron chi connectivity index (χ0n) is 19.0. The van der Waals surface area contributed by atoms with Gasteiger partial charge in [-0.15, -0.1) is 0 Å². The van der Waals surface area contributed by atoms with Crippen LogP contribution in [0.3, 0.4) is 0 Å².